The van der Waals surface area contributed by atoms with Gasteiger partial charge in [-0.05, 0) is 5.92 Å². The highest BCUT2D eigenvalue weighted by atomic mass is 16.2. The van der Waals surface area contributed by atoms with E-state index < -0.39 is 17.9 Å². The number of rotatable bonds is 4. The van der Waals surface area contributed by atoms with Crippen molar-refractivity contribution in [3.8, 4) is 0 Å². The predicted octanol–water partition coefficient (Wildman–Crippen LogP) is -0.284. The van der Waals surface area contributed by atoms with Crippen LogP contribution in [0.2, 0.25) is 0 Å². The largest absolute Gasteiger partial charge is 0.368 e. The summed E-state index contributed by atoms with van der Waals surface area (Å²) >= 11 is 0. The molecule has 0 unspecified atom stereocenters. The topological polar surface area (TPSA) is 98.0 Å². The molecule has 1 aromatic heterocycles. The summed E-state index contributed by atoms with van der Waals surface area (Å²) < 4.78 is 0. The molecule has 0 aliphatic rings. The lowest BCUT2D eigenvalue weighted by molar-refractivity contribution is -0.120. The Hall–Kier alpha value is -1.98. The lowest BCUT2D eigenvalue weighted by Gasteiger charge is -2.18. The average molecular weight is 222 g/mol. The Morgan fingerprint density at radius 1 is 1.38 bits per heavy atom. The van der Waals surface area contributed by atoms with Gasteiger partial charge in [0.05, 0.1) is 6.20 Å². The Balaban J connectivity index is 2.74. The molecule has 0 saturated heterocycles. The van der Waals surface area contributed by atoms with E-state index in [-0.39, 0.29) is 11.6 Å². The van der Waals surface area contributed by atoms with Crippen molar-refractivity contribution in [2.24, 2.45) is 11.7 Å². The molecule has 0 spiro atoms. The van der Waals surface area contributed by atoms with Crippen LogP contribution in [0.5, 0.6) is 0 Å². The number of hydrogen-bond acceptors (Lipinski definition) is 4. The number of nitrogens with one attached hydrogen (secondary N) is 1. The maximum atomic E-state index is 11.6. The summed E-state index contributed by atoms with van der Waals surface area (Å²) in [5.41, 5.74) is 5.34. The zero-order valence-corrected chi connectivity index (χ0v) is 9.18. The second-order valence-corrected chi connectivity index (χ2v) is 3.69. The van der Waals surface area contributed by atoms with Crippen LogP contribution in [0.4, 0.5) is 0 Å². The highest BCUT2D eigenvalue weighted by molar-refractivity contribution is 5.95. The first-order valence-electron chi connectivity index (χ1n) is 4.88. The number of nitrogens with zero attached hydrogens (tertiary/aromatic N) is 2. The lowest BCUT2D eigenvalue weighted by atomic mass is 10.0. The van der Waals surface area contributed by atoms with Crippen LogP contribution in [0.15, 0.2) is 18.6 Å². The van der Waals surface area contributed by atoms with Gasteiger partial charge in [-0.3, -0.25) is 14.6 Å². The normalized spacial score (nSPS) is 12.2. The van der Waals surface area contributed by atoms with Crippen molar-refractivity contribution in [2.45, 2.75) is 19.9 Å². The van der Waals surface area contributed by atoms with Gasteiger partial charge in [-0.15, -0.1) is 0 Å². The highest BCUT2D eigenvalue weighted by Gasteiger charge is 2.22. The average Bonchev–Trinajstić information content (AvgIpc) is 2.25. The first-order valence-corrected chi connectivity index (χ1v) is 4.88. The number of amides is 2. The second kappa shape index (κ2) is 5.20. The van der Waals surface area contributed by atoms with Crippen molar-refractivity contribution in [3.63, 3.8) is 0 Å². The van der Waals surface area contributed by atoms with Gasteiger partial charge in [0.15, 0.2) is 0 Å². The summed E-state index contributed by atoms with van der Waals surface area (Å²) in [7, 11) is 0. The second-order valence-electron chi connectivity index (χ2n) is 3.69. The molecule has 16 heavy (non-hydrogen) atoms. The van der Waals surface area contributed by atoms with Gasteiger partial charge in [-0.25, -0.2) is 4.98 Å². The van der Waals surface area contributed by atoms with E-state index in [4.69, 9.17) is 5.73 Å². The van der Waals surface area contributed by atoms with Gasteiger partial charge in [-0.2, -0.15) is 0 Å². The molecule has 1 aromatic rings. The third kappa shape index (κ3) is 3.01. The summed E-state index contributed by atoms with van der Waals surface area (Å²) in [6, 6.07) is -0.700. The fourth-order valence-electron chi connectivity index (χ4n) is 1.20. The number of primary amides is 1. The molecule has 0 radical (unpaired) electrons. The standard InChI is InChI=1S/C10H14N4O2/c1-6(2)8(9(11)15)14-10(16)7-5-12-3-4-13-7/h3-6,8H,1-2H3,(H2,11,15)(H,14,16)/t8-/m1/s1. The maximum Gasteiger partial charge on any atom is 0.272 e. The van der Waals surface area contributed by atoms with E-state index in [1.807, 2.05) is 0 Å². The van der Waals surface area contributed by atoms with Gasteiger partial charge in [0, 0.05) is 12.4 Å². The predicted molar refractivity (Wildman–Crippen MR) is 57.3 cm³/mol. The molecule has 1 heterocycles. The van der Waals surface area contributed by atoms with Crippen LogP contribution in [-0.4, -0.2) is 27.8 Å². The van der Waals surface area contributed by atoms with Crippen molar-refractivity contribution in [3.05, 3.63) is 24.3 Å². The first kappa shape index (κ1) is 12.1. The first-order chi connectivity index (χ1) is 7.52. The van der Waals surface area contributed by atoms with E-state index in [1.54, 1.807) is 13.8 Å². The Labute approximate surface area is 93.3 Å². The highest BCUT2D eigenvalue weighted by Crippen LogP contribution is 2.02. The Bertz CT molecular complexity index is 378. The number of hydrogen-bond donors (Lipinski definition) is 2. The van der Waals surface area contributed by atoms with Gasteiger partial charge in [0.25, 0.3) is 5.91 Å². The molecule has 0 fully saturated rings. The van der Waals surface area contributed by atoms with E-state index >= 15 is 0 Å². The third-order valence-electron chi connectivity index (χ3n) is 2.06. The van der Waals surface area contributed by atoms with Crippen LogP contribution in [-0.2, 0) is 4.79 Å². The van der Waals surface area contributed by atoms with Crippen LogP contribution >= 0.6 is 0 Å². The zero-order valence-electron chi connectivity index (χ0n) is 9.18. The molecular weight excluding hydrogens is 208 g/mol. The van der Waals surface area contributed by atoms with Gasteiger partial charge < -0.3 is 11.1 Å². The molecule has 1 atom stereocenters. The minimum absolute atomic E-state index is 0.0712. The molecule has 0 aliphatic carbocycles. The van der Waals surface area contributed by atoms with E-state index in [0.717, 1.165) is 0 Å². The minimum atomic E-state index is -0.700. The SMILES string of the molecule is CC(C)[C@@H](NC(=O)c1cnccn1)C(N)=O. The molecule has 2 amide bonds. The van der Waals surface area contributed by atoms with Gasteiger partial charge in [0.1, 0.15) is 11.7 Å². The van der Waals surface area contributed by atoms with E-state index in [2.05, 4.69) is 15.3 Å². The van der Waals surface area contributed by atoms with E-state index in [9.17, 15) is 9.59 Å². The van der Waals surface area contributed by atoms with Crippen LogP contribution in [0, 0.1) is 5.92 Å². The zero-order chi connectivity index (χ0) is 12.1. The molecule has 0 aromatic carbocycles. The van der Waals surface area contributed by atoms with Gasteiger partial charge in [-0.1, -0.05) is 13.8 Å². The molecule has 3 N–H and O–H groups in total. The fourth-order valence-corrected chi connectivity index (χ4v) is 1.20. The summed E-state index contributed by atoms with van der Waals surface area (Å²) in [5, 5.41) is 2.52. The molecule has 6 nitrogen and oxygen atoms in total. The molecule has 1 rings (SSSR count). The third-order valence-corrected chi connectivity index (χ3v) is 2.06. The molecule has 0 saturated carbocycles. The summed E-state index contributed by atoms with van der Waals surface area (Å²) in [6.45, 7) is 3.60. The number of carbonyl (C=O) groups is 2. The molecule has 0 bridgehead atoms. The van der Waals surface area contributed by atoms with E-state index in [1.165, 1.54) is 18.6 Å². The smallest absolute Gasteiger partial charge is 0.272 e. The van der Waals surface area contributed by atoms with Crippen LogP contribution in [0.3, 0.4) is 0 Å². The van der Waals surface area contributed by atoms with Crippen molar-refractivity contribution in [1.29, 1.82) is 0 Å². The summed E-state index contributed by atoms with van der Waals surface area (Å²) in [4.78, 5) is 30.3. The number of aromatic nitrogens is 2. The maximum absolute atomic E-state index is 11.6. The van der Waals surface area contributed by atoms with Gasteiger partial charge in [0.2, 0.25) is 5.91 Å². The van der Waals surface area contributed by atoms with E-state index in [0.29, 0.717) is 0 Å². The molecule has 6 heteroatoms. The molecule has 86 valence electrons. The number of nitrogens with two attached hydrogens (primary N) is 1. The Morgan fingerprint density at radius 2 is 2.06 bits per heavy atom. The summed E-state index contributed by atoms with van der Waals surface area (Å²) in [6.07, 6.45) is 4.20. The fraction of sp³-hybridized carbons (Fsp3) is 0.400. The number of carbonyl (C=O) groups excluding carboxylic acids is 2. The Kier molecular flexibility index (Phi) is 3.93. The Morgan fingerprint density at radius 3 is 2.50 bits per heavy atom. The minimum Gasteiger partial charge on any atom is -0.368 e. The quantitative estimate of drug-likeness (QED) is 0.731. The molecular formula is C10H14N4O2. The van der Waals surface area contributed by atoms with Crippen molar-refractivity contribution >= 4 is 11.8 Å². The van der Waals surface area contributed by atoms with Crippen LogP contribution in [0.1, 0.15) is 24.3 Å². The molecule has 0 aliphatic heterocycles. The summed E-state index contributed by atoms with van der Waals surface area (Å²) in [5.74, 6) is -1.09. The van der Waals surface area contributed by atoms with Crippen molar-refractivity contribution < 1.29 is 9.59 Å². The van der Waals surface area contributed by atoms with Crippen LogP contribution in [0.25, 0.3) is 0 Å². The van der Waals surface area contributed by atoms with Crippen molar-refractivity contribution in [1.82, 2.24) is 15.3 Å². The monoisotopic (exact) mass is 222 g/mol. The lowest BCUT2D eigenvalue weighted by Crippen LogP contribution is -2.47. The van der Waals surface area contributed by atoms with Crippen LogP contribution < -0.4 is 11.1 Å². The van der Waals surface area contributed by atoms with Gasteiger partial charge >= 0.3 is 0 Å². The van der Waals surface area contributed by atoms with Crippen molar-refractivity contribution in [2.75, 3.05) is 0 Å².